The molecule has 1 aromatic heterocycles. The first kappa shape index (κ1) is 18.1. The summed E-state index contributed by atoms with van der Waals surface area (Å²) in [6, 6.07) is 0.160. The lowest BCUT2D eigenvalue weighted by Gasteiger charge is -2.50. The number of rotatable bonds is 3. The van der Waals surface area contributed by atoms with Gasteiger partial charge in [0, 0.05) is 57.9 Å². The van der Waals surface area contributed by atoms with Gasteiger partial charge in [-0.3, -0.25) is 4.68 Å². The summed E-state index contributed by atoms with van der Waals surface area (Å²) >= 11 is 5.92. The molecule has 26 heavy (non-hydrogen) atoms. The lowest BCUT2D eigenvalue weighted by Crippen LogP contribution is -2.61. The van der Waals surface area contributed by atoms with Gasteiger partial charge in [0.05, 0.1) is 23.4 Å². The Labute approximate surface area is 159 Å². The molecule has 0 aliphatic carbocycles. The van der Waals surface area contributed by atoms with Crippen LogP contribution in [0.2, 0.25) is 5.02 Å². The van der Waals surface area contributed by atoms with Crippen molar-refractivity contribution in [1.29, 1.82) is 0 Å². The molecule has 3 fully saturated rings. The second-order valence-corrected chi connectivity index (χ2v) is 8.38. The van der Waals surface area contributed by atoms with Crippen LogP contribution in [-0.2, 0) is 6.54 Å². The fourth-order valence-electron chi connectivity index (χ4n) is 4.56. The van der Waals surface area contributed by atoms with E-state index >= 15 is 0 Å². The molecule has 3 aliphatic rings. The van der Waals surface area contributed by atoms with Crippen molar-refractivity contribution in [3.8, 4) is 0 Å². The molecule has 0 spiro atoms. The van der Waals surface area contributed by atoms with Crippen LogP contribution in [0.4, 0.5) is 4.79 Å². The summed E-state index contributed by atoms with van der Waals surface area (Å²) in [6.07, 6.45) is 7.18. The molecular weight excluding hydrogens is 354 g/mol. The average molecular weight is 382 g/mol. The molecule has 0 saturated carbocycles. The highest BCUT2D eigenvalue weighted by atomic mass is 35.5. The minimum absolute atomic E-state index is 0.123. The van der Waals surface area contributed by atoms with Crippen LogP contribution < -0.4 is 0 Å². The van der Waals surface area contributed by atoms with E-state index in [9.17, 15) is 9.90 Å². The van der Waals surface area contributed by atoms with Crippen molar-refractivity contribution >= 4 is 17.6 Å². The summed E-state index contributed by atoms with van der Waals surface area (Å²) in [7, 11) is 0. The van der Waals surface area contributed by atoms with E-state index in [1.807, 2.05) is 20.7 Å². The molecule has 2 amide bonds. The van der Waals surface area contributed by atoms with E-state index < -0.39 is 5.60 Å². The third-order valence-electron chi connectivity index (χ3n) is 6.25. The summed E-state index contributed by atoms with van der Waals surface area (Å²) in [4.78, 5) is 19.0. The monoisotopic (exact) mass is 381 g/mol. The predicted octanol–water partition coefficient (Wildman–Crippen LogP) is 1.51. The van der Waals surface area contributed by atoms with Crippen LogP contribution in [0.1, 0.15) is 25.7 Å². The topological polar surface area (TPSA) is 64.8 Å². The van der Waals surface area contributed by atoms with E-state index in [-0.39, 0.29) is 11.9 Å². The fraction of sp³-hybridized carbons (Fsp3) is 0.778. The van der Waals surface area contributed by atoms with Gasteiger partial charge < -0.3 is 19.8 Å². The first-order chi connectivity index (χ1) is 12.5. The molecule has 144 valence electrons. The van der Waals surface area contributed by atoms with Crippen LogP contribution in [0.3, 0.4) is 0 Å². The van der Waals surface area contributed by atoms with Crippen LogP contribution in [0.15, 0.2) is 12.4 Å². The van der Waals surface area contributed by atoms with Crippen LogP contribution in [-0.4, -0.2) is 87.0 Å². The molecule has 3 aliphatic heterocycles. The molecule has 3 saturated heterocycles. The van der Waals surface area contributed by atoms with E-state index in [4.69, 9.17) is 11.6 Å². The molecule has 7 nitrogen and oxygen atoms in total. The van der Waals surface area contributed by atoms with Gasteiger partial charge >= 0.3 is 6.03 Å². The Morgan fingerprint density at radius 2 is 1.92 bits per heavy atom. The molecule has 0 radical (unpaired) electrons. The molecule has 2 atom stereocenters. The van der Waals surface area contributed by atoms with Crippen molar-refractivity contribution in [2.45, 2.75) is 37.8 Å². The highest BCUT2D eigenvalue weighted by molar-refractivity contribution is 6.30. The second kappa shape index (κ2) is 7.37. The maximum atomic E-state index is 12.7. The number of fused-ring (bicyclic) bond motifs is 1. The highest BCUT2D eigenvalue weighted by Crippen LogP contribution is 2.35. The largest absolute Gasteiger partial charge is 0.389 e. The van der Waals surface area contributed by atoms with Crippen LogP contribution in [0.25, 0.3) is 0 Å². The molecule has 8 heteroatoms. The summed E-state index contributed by atoms with van der Waals surface area (Å²) < 4.78 is 1.85. The van der Waals surface area contributed by atoms with Crippen molar-refractivity contribution in [2.75, 3.05) is 45.8 Å². The number of piperidine rings is 2. The van der Waals surface area contributed by atoms with Crippen molar-refractivity contribution in [3.63, 3.8) is 0 Å². The molecule has 4 heterocycles. The number of carbonyl (C=O) groups is 1. The van der Waals surface area contributed by atoms with Crippen molar-refractivity contribution in [2.24, 2.45) is 5.92 Å². The predicted molar refractivity (Wildman–Crippen MR) is 99.1 cm³/mol. The number of halogens is 1. The SMILES string of the molecule is O=C(N1CCCC1)N1CC[C@]2(O)CCN(CCn3cc(Cl)cn3)C[C@@H]2C1. The number of amides is 2. The van der Waals surface area contributed by atoms with Crippen molar-refractivity contribution in [3.05, 3.63) is 17.4 Å². The zero-order valence-electron chi connectivity index (χ0n) is 15.2. The van der Waals surface area contributed by atoms with Gasteiger partial charge in [0.15, 0.2) is 0 Å². The van der Waals surface area contributed by atoms with Gasteiger partial charge in [0.1, 0.15) is 0 Å². The zero-order valence-corrected chi connectivity index (χ0v) is 15.9. The van der Waals surface area contributed by atoms with Gasteiger partial charge in [-0.2, -0.15) is 5.10 Å². The minimum atomic E-state index is -0.618. The Kier molecular flexibility index (Phi) is 5.12. The maximum absolute atomic E-state index is 12.7. The molecule has 0 aromatic carbocycles. The summed E-state index contributed by atoms with van der Waals surface area (Å²) in [6.45, 7) is 6.48. The second-order valence-electron chi connectivity index (χ2n) is 7.95. The molecule has 0 bridgehead atoms. The van der Waals surface area contributed by atoms with Gasteiger partial charge in [0.25, 0.3) is 0 Å². The quantitative estimate of drug-likeness (QED) is 0.862. The van der Waals surface area contributed by atoms with E-state index in [0.29, 0.717) is 24.5 Å². The number of hydrogen-bond acceptors (Lipinski definition) is 4. The third-order valence-corrected chi connectivity index (χ3v) is 6.44. The summed E-state index contributed by atoms with van der Waals surface area (Å²) in [5, 5.41) is 15.9. The Morgan fingerprint density at radius 1 is 1.15 bits per heavy atom. The van der Waals surface area contributed by atoms with Gasteiger partial charge in [-0.05, 0) is 25.7 Å². The smallest absolute Gasteiger partial charge is 0.320 e. The van der Waals surface area contributed by atoms with Crippen molar-refractivity contribution < 1.29 is 9.90 Å². The lowest BCUT2D eigenvalue weighted by atomic mass is 9.75. The first-order valence-electron chi connectivity index (χ1n) is 9.70. The van der Waals surface area contributed by atoms with Gasteiger partial charge in [-0.15, -0.1) is 0 Å². The van der Waals surface area contributed by atoms with Crippen LogP contribution in [0, 0.1) is 5.92 Å². The number of aromatic nitrogens is 2. The zero-order chi connectivity index (χ0) is 18.1. The normalized spacial score (nSPS) is 29.8. The maximum Gasteiger partial charge on any atom is 0.320 e. The van der Waals surface area contributed by atoms with E-state index in [1.54, 1.807) is 6.20 Å². The highest BCUT2D eigenvalue weighted by Gasteiger charge is 2.46. The number of likely N-dealkylation sites (tertiary alicyclic amines) is 3. The molecule has 1 N–H and O–H groups in total. The number of carbonyl (C=O) groups excluding carboxylic acids is 1. The van der Waals surface area contributed by atoms with Gasteiger partial charge in [0.2, 0.25) is 0 Å². The van der Waals surface area contributed by atoms with Gasteiger partial charge in [-0.1, -0.05) is 11.6 Å². The fourth-order valence-corrected chi connectivity index (χ4v) is 4.72. The van der Waals surface area contributed by atoms with E-state index in [2.05, 4.69) is 10.00 Å². The van der Waals surface area contributed by atoms with Crippen molar-refractivity contribution in [1.82, 2.24) is 24.5 Å². The van der Waals surface area contributed by atoms with Crippen LogP contribution >= 0.6 is 11.6 Å². The third kappa shape index (κ3) is 3.70. The Balaban J connectivity index is 1.34. The minimum Gasteiger partial charge on any atom is -0.389 e. The number of hydrogen-bond donors (Lipinski definition) is 1. The van der Waals surface area contributed by atoms with E-state index in [1.165, 1.54) is 0 Å². The molecule has 0 unspecified atom stereocenters. The number of urea groups is 1. The Morgan fingerprint density at radius 3 is 2.65 bits per heavy atom. The Bertz CT molecular complexity index is 647. The lowest BCUT2D eigenvalue weighted by molar-refractivity contribution is -0.107. The Hall–Kier alpha value is -1.31. The molecule has 4 rings (SSSR count). The summed E-state index contributed by atoms with van der Waals surface area (Å²) in [5.74, 6) is 0.123. The average Bonchev–Trinajstić information content (AvgIpc) is 3.30. The molecular formula is C18H28ClN5O2. The molecule has 1 aromatic rings. The van der Waals surface area contributed by atoms with Crippen LogP contribution in [0.5, 0.6) is 0 Å². The number of nitrogens with zero attached hydrogens (tertiary/aromatic N) is 5. The first-order valence-corrected chi connectivity index (χ1v) is 10.1. The number of aliphatic hydroxyl groups is 1. The standard InChI is InChI=1S/C18H28ClN5O2/c19-16-11-20-24(14-16)10-9-21-7-3-18(26)4-8-23(13-15(18)12-21)17(25)22-5-1-2-6-22/h11,14-15,26H,1-10,12-13H2/t15-,18-/m1/s1. The summed E-state index contributed by atoms with van der Waals surface area (Å²) in [5.41, 5.74) is -0.618. The van der Waals surface area contributed by atoms with E-state index in [0.717, 1.165) is 58.5 Å². The van der Waals surface area contributed by atoms with Gasteiger partial charge in [-0.25, -0.2) is 4.79 Å².